The molecule has 0 aromatic heterocycles. The first-order valence-electron chi connectivity index (χ1n) is 8.12. The fourth-order valence-corrected chi connectivity index (χ4v) is 4.45. The third kappa shape index (κ3) is 2.84. The summed E-state index contributed by atoms with van der Waals surface area (Å²) in [5.74, 6) is 1.96. The van der Waals surface area contributed by atoms with Gasteiger partial charge < -0.3 is 14.6 Å². The van der Waals surface area contributed by atoms with Gasteiger partial charge in [-0.25, -0.2) is 0 Å². The first-order valence-corrected chi connectivity index (χ1v) is 8.12. The zero-order chi connectivity index (χ0) is 13.3. The van der Waals surface area contributed by atoms with Gasteiger partial charge in [-0.1, -0.05) is 13.3 Å². The van der Waals surface area contributed by atoms with Gasteiger partial charge in [-0.2, -0.15) is 0 Å². The summed E-state index contributed by atoms with van der Waals surface area (Å²) in [4.78, 5) is 0. The SMILES string of the molecule is CCC1CCC(O)C(C2CCOC3(CCOC3)C2)C1. The summed E-state index contributed by atoms with van der Waals surface area (Å²) < 4.78 is 11.6. The topological polar surface area (TPSA) is 38.7 Å². The molecule has 0 amide bonds. The second-order valence-corrected chi connectivity index (χ2v) is 6.91. The molecule has 1 saturated carbocycles. The van der Waals surface area contributed by atoms with E-state index in [-0.39, 0.29) is 11.7 Å². The number of aliphatic hydroxyl groups is 1. The molecule has 1 aliphatic carbocycles. The third-order valence-corrected chi connectivity index (χ3v) is 5.75. The molecule has 19 heavy (non-hydrogen) atoms. The molecule has 3 aliphatic rings. The highest BCUT2D eigenvalue weighted by Gasteiger charge is 2.45. The Morgan fingerprint density at radius 1 is 1.21 bits per heavy atom. The Bertz CT molecular complexity index is 298. The molecular weight excluding hydrogens is 240 g/mol. The van der Waals surface area contributed by atoms with Crippen molar-refractivity contribution in [3.63, 3.8) is 0 Å². The maximum atomic E-state index is 10.4. The Hall–Kier alpha value is -0.120. The molecule has 2 aliphatic heterocycles. The van der Waals surface area contributed by atoms with E-state index in [9.17, 15) is 5.11 Å². The van der Waals surface area contributed by atoms with Crippen LogP contribution in [0.3, 0.4) is 0 Å². The van der Waals surface area contributed by atoms with Crippen molar-refractivity contribution in [3.8, 4) is 0 Å². The van der Waals surface area contributed by atoms with Crippen molar-refractivity contribution in [3.05, 3.63) is 0 Å². The summed E-state index contributed by atoms with van der Waals surface area (Å²) in [7, 11) is 0. The predicted molar refractivity (Wildman–Crippen MR) is 74.0 cm³/mol. The number of aliphatic hydroxyl groups excluding tert-OH is 1. The van der Waals surface area contributed by atoms with Crippen molar-refractivity contribution in [1.29, 1.82) is 0 Å². The predicted octanol–water partition coefficient (Wildman–Crippen LogP) is 2.76. The normalized spacial score (nSPS) is 47.7. The lowest BCUT2D eigenvalue weighted by molar-refractivity contribution is -0.121. The molecule has 3 nitrogen and oxygen atoms in total. The molecule has 2 saturated heterocycles. The Kier molecular flexibility index (Phi) is 4.16. The first-order chi connectivity index (χ1) is 9.22. The standard InChI is InChI=1S/C16H28O3/c1-2-12-3-4-15(17)14(9-12)13-5-7-19-16(10-13)6-8-18-11-16/h12-15,17H,2-11H2,1H3. The van der Waals surface area contributed by atoms with E-state index in [0.29, 0.717) is 11.8 Å². The summed E-state index contributed by atoms with van der Waals surface area (Å²) in [5.41, 5.74) is -0.0121. The Morgan fingerprint density at radius 3 is 2.84 bits per heavy atom. The average molecular weight is 268 g/mol. The van der Waals surface area contributed by atoms with E-state index < -0.39 is 0 Å². The minimum absolute atomic E-state index is 0.0121. The van der Waals surface area contributed by atoms with Gasteiger partial charge in [0.1, 0.15) is 0 Å². The monoisotopic (exact) mass is 268 g/mol. The average Bonchev–Trinajstić information content (AvgIpc) is 2.87. The Morgan fingerprint density at radius 2 is 2.11 bits per heavy atom. The number of rotatable bonds is 2. The van der Waals surface area contributed by atoms with Gasteiger partial charge in [0.2, 0.25) is 0 Å². The molecule has 0 radical (unpaired) electrons. The van der Waals surface area contributed by atoms with E-state index in [2.05, 4.69) is 6.92 Å². The molecule has 5 unspecified atom stereocenters. The maximum Gasteiger partial charge on any atom is 0.0939 e. The van der Waals surface area contributed by atoms with Crippen molar-refractivity contribution in [2.24, 2.45) is 17.8 Å². The van der Waals surface area contributed by atoms with Crippen molar-refractivity contribution < 1.29 is 14.6 Å². The van der Waals surface area contributed by atoms with Crippen molar-refractivity contribution in [1.82, 2.24) is 0 Å². The van der Waals surface area contributed by atoms with E-state index in [1.165, 1.54) is 19.3 Å². The fraction of sp³-hybridized carbons (Fsp3) is 1.00. The summed E-state index contributed by atoms with van der Waals surface area (Å²) in [6, 6.07) is 0. The van der Waals surface area contributed by atoms with Crippen LogP contribution >= 0.6 is 0 Å². The van der Waals surface area contributed by atoms with Gasteiger partial charge in [-0.05, 0) is 49.9 Å². The molecular formula is C16H28O3. The Balaban J connectivity index is 1.66. The van der Waals surface area contributed by atoms with E-state index in [4.69, 9.17) is 9.47 Å². The highest BCUT2D eigenvalue weighted by molar-refractivity contribution is 4.94. The van der Waals surface area contributed by atoms with Gasteiger partial charge in [-0.3, -0.25) is 0 Å². The summed E-state index contributed by atoms with van der Waals surface area (Å²) in [5, 5.41) is 10.4. The lowest BCUT2D eigenvalue weighted by atomic mass is 9.68. The van der Waals surface area contributed by atoms with Crippen LogP contribution in [0.15, 0.2) is 0 Å². The van der Waals surface area contributed by atoms with Crippen LogP contribution in [-0.4, -0.2) is 36.6 Å². The second-order valence-electron chi connectivity index (χ2n) is 6.91. The zero-order valence-corrected chi connectivity index (χ0v) is 12.1. The molecule has 3 heteroatoms. The molecule has 0 bridgehead atoms. The van der Waals surface area contributed by atoms with Gasteiger partial charge in [0.05, 0.1) is 18.3 Å². The highest BCUT2D eigenvalue weighted by Crippen LogP contribution is 2.44. The van der Waals surface area contributed by atoms with Crippen LogP contribution in [0.5, 0.6) is 0 Å². The van der Waals surface area contributed by atoms with Gasteiger partial charge in [-0.15, -0.1) is 0 Å². The van der Waals surface area contributed by atoms with Crippen molar-refractivity contribution >= 4 is 0 Å². The minimum atomic E-state index is -0.0785. The number of hydrogen-bond donors (Lipinski definition) is 1. The van der Waals surface area contributed by atoms with Gasteiger partial charge in [0.25, 0.3) is 0 Å². The zero-order valence-electron chi connectivity index (χ0n) is 12.1. The lowest BCUT2D eigenvalue weighted by Crippen LogP contribution is -2.45. The number of hydrogen-bond acceptors (Lipinski definition) is 3. The van der Waals surface area contributed by atoms with E-state index in [0.717, 1.165) is 51.4 Å². The lowest BCUT2D eigenvalue weighted by Gasteiger charge is -2.44. The quantitative estimate of drug-likeness (QED) is 0.837. The van der Waals surface area contributed by atoms with Crippen molar-refractivity contribution in [2.45, 2.75) is 63.6 Å². The van der Waals surface area contributed by atoms with Crippen LogP contribution in [0.2, 0.25) is 0 Å². The first kappa shape index (κ1) is 13.8. The molecule has 1 spiro atoms. The minimum Gasteiger partial charge on any atom is -0.393 e. The smallest absolute Gasteiger partial charge is 0.0939 e. The highest BCUT2D eigenvalue weighted by atomic mass is 16.6. The molecule has 0 aromatic rings. The van der Waals surface area contributed by atoms with Gasteiger partial charge in [0.15, 0.2) is 0 Å². The summed E-state index contributed by atoms with van der Waals surface area (Å²) in [6.07, 6.45) is 7.90. The molecule has 0 aromatic carbocycles. The fourth-order valence-electron chi connectivity index (χ4n) is 4.45. The van der Waals surface area contributed by atoms with Crippen LogP contribution in [0, 0.1) is 17.8 Å². The molecule has 1 N–H and O–H groups in total. The number of ether oxygens (including phenoxy) is 2. The van der Waals surface area contributed by atoms with Crippen LogP contribution in [0.4, 0.5) is 0 Å². The summed E-state index contributed by atoms with van der Waals surface area (Å²) in [6.45, 7) is 4.75. The van der Waals surface area contributed by atoms with E-state index in [1.54, 1.807) is 0 Å². The van der Waals surface area contributed by atoms with Crippen LogP contribution in [-0.2, 0) is 9.47 Å². The molecule has 2 heterocycles. The largest absolute Gasteiger partial charge is 0.393 e. The third-order valence-electron chi connectivity index (χ3n) is 5.75. The van der Waals surface area contributed by atoms with Gasteiger partial charge >= 0.3 is 0 Å². The van der Waals surface area contributed by atoms with Crippen LogP contribution in [0.25, 0.3) is 0 Å². The molecule has 5 atom stereocenters. The maximum absolute atomic E-state index is 10.4. The molecule has 3 fully saturated rings. The van der Waals surface area contributed by atoms with Crippen LogP contribution < -0.4 is 0 Å². The van der Waals surface area contributed by atoms with Crippen LogP contribution in [0.1, 0.15) is 51.9 Å². The Labute approximate surface area is 116 Å². The summed E-state index contributed by atoms with van der Waals surface area (Å²) >= 11 is 0. The van der Waals surface area contributed by atoms with Gasteiger partial charge in [0, 0.05) is 19.6 Å². The van der Waals surface area contributed by atoms with E-state index >= 15 is 0 Å². The molecule has 3 rings (SSSR count). The molecule has 110 valence electrons. The second kappa shape index (κ2) is 5.71. The van der Waals surface area contributed by atoms with E-state index in [1.807, 2.05) is 0 Å². The van der Waals surface area contributed by atoms with Crippen molar-refractivity contribution in [2.75, 3.05) is 19.8 Å².